The number of hydrogen-bond donors (Lipinski definition) is 8. The topological polar surface area (TPSA) is 189 Å². The number of amides is 1. The predicted molar refractivity (Wildman–Crippen MR) is 233 cm³/mol. The zero-order valence-corrected chi connectivity index (χ0v) is 37.0. The average molecular weight is 830 g/mol. The summed E-state index contributed by atoms with van der Waals surface area (Å²) in [5.41, 5.74) is 0. The van der Waals surface area contributed by atoms with Gasteiger partial charge in [0.25, 0.3) is 0 Å². The van der Waals surface area contributed by atoms with Crippen LogP contribution in [0.4, 0.5) is 0 Å². The van der Waals surface area contributed by atoms with Crippen LogP contribution in [-0.2, 0) is 14.3 Å². The SMILES string of the molecule is CCCCC/C=C\CCCCCC[C@@H](O)[C@@H](O)[C@H](CO[C@@H]1O[C@H](CO)[C@@H](O)[C@H](O)[C@H]1O)NC(=O)[C@H](O)CCCCCCCCCCCCCCCCCCCCCC. The Bertz CT molecular complexity index is 954. The molecular weight excluding hydrogens is 739 g/mol. The van der Waals surface area contributed by atoms with Crippen molar-refractivity contribution in [2.24, 2.45) is 0 Å². The van der Waals surface area contributed by atoms with Crippen molar-refractivity contribution in [3.8, 4) is 0 Å². The molecule has 8 N–H and O–H groups in total. The number of allylic oxidation sites excluding steroid dienone is 2. The monoisotopic (exact) mass is 830 g/mol. The van der Waals surface area contributed by atoms with Crippen molar-refractivity contribution >= 4 is 5.91 Å². The van der Waals surface area contributed by atoms with Crippen LogP contribution < -0.4 is 5.32 Å². The van der Waals surface area contributed by atoms with Crippen molar-refractivity contribution in [2.45, 2.75) is 268 Å². The van der Waals surface area contributed by atoms with Gasteiger partial charge in [0.15, 0.2) is 6.29 Å². The van der Waals surface area contributed by atoms with Crippen molar-refractivity contribution in [2.75, 3.05) is 13.2 Å². The molecule has 1 saturated heterocycles. The summed E-state index contributed by atoms with van der Waals surface area (Å²) in [7, 11) is 0. The molecule has 1 fully saturated rings. The molecule has 0 aromatic rings. The molecule has 1 aliphatic heterocycles. The Hall–Kier alpha value is -1.15. The molecule has 0 spiro atoms. The minimum absolute atomic E-state index is 0.262. The molecule has 1 heterocycles. The van der Waals surface area contributed by atoms with Crippen LogP contribution in [0.25, 0.3) is 0 Å². The van der Waals surface area contributed by atoms with Gasteiger partial charge in [-0.1, -0.05) is 187 Å². The van der Waals surface area contributed by atoms with E-state index in [-0.39, 0.29) is 6.42 Å². The van der Waals surface area contributed by atoms with E-state index in [9.17, 15) is 40.5 Å². The van der Waals surface area contributed by atoms with Crippen LogP contribution >= 0.6 is 0 Å². The zero-order chi connectivity index (χ0) is 42.6. The van der Waals surface area contributed by atoms with E-state index in [1.54, 1.807) is 0 Å². The standard InChI is InChI=1S/C47H91NO10/c1-3-5-7-9-11-13-15-16-17-18-19-20-21-22-23-25-27-29-31-33-35-40(51)46(56)48-38(37-57-47-45(55)44(54)43(53)41(36-49)58-47)42(52)39(50)34-32-30-28-26-24-14-12-10-8-6-4-2/h12,14,38-45,47,49-55H,3-11,13,15-37H2,1-2H3,(H,48,56)/b14-12-/t38-,39+,40+,41+,42-,43+,44-,45+,47+/m0/s1. The molecule has 0 aromatic carbocycles. The van der Waals surface area contributed by atoms with Gasteiger partial charge in [0, 0.05) is 0 Å². The van der Waals surface area contributed by atoms with Gasteiger partial charge in [-0.15, -0.1) is 0 Å². The molecule has 58 heavy (non-hydrogen) atoms. The molecule has 1 amide bonds. The van der Waals surface area contributed by atoms with Gasteiger partial charge in [0.2, 0.25) is 5.91 Å². The lowest BCUT2D eigenvalue weighted by Gasteiger charge is -2.40. The third-order valence-corrected chi connectivity index (χ3v) is 11.8. The molecule has 0 aromatic heterocycles. The second kappa shape index (κ2) is 37.6. The lowest BCUT2D eigenvalue weighted by atomic mass is 9.98. The first kappa shape index (κ1) is 54.9. The number of carbonyl (C=O) groups is 1. The van der Waals surface area contributed by atoms with E-state index in [0.29, 0.717) is 19.3 Å². The largest absolute Gasteiger partial charge is 0.394 e. The Morgan fingerprint density at radius 3 is 1.48 bits per heavy atom. The van der Waals surface area contributed by atoms with Crippen molar-refractivity contribution in [3.05, 3.63) is 12.2 Å². The molecule has 0 unspecified atom stereocenters. The highest BCUT2D eigenvalue weighted by Crippen LogP contribution is 2.23. The summed E-state index contributed by atoms with van der Waals surface area (Å²) in [4.78, 5) is 13.1. The van der Waals surface area contributed by atoms with Crippen LogP contribution in [0.15, 0.2) is 12.2 Å². The van der Waals surface area contributed by atoms with E-state index in [4.69, 9.17) is 9.47 Å². The van der Waals surface area contributed by atoms with Gasteiger partial charge in [-0.3, -0.25) is 4.79 Å². The summed E-state index contributed by atoms with van der Waals surface area (Å²) in [5.74, 6) is -0.700. The van der Waals surface area contributed by atoms with Gasteiger partial charge in [-0.25, -0.2) is 0 Å². The maximum absolute atomic E-state index is 13.1. The lowest BCUT2D eigenvalue weighted by molar-refractivity contribution is -0.303. The number of carbonyl (C=O) groups excluding carboxylic acids is 1. The van der Waals surface area contributed by atoms with Crippen LogP contribution in [0.1, 0.15) is 213 Å². The van der Waals surface area contributed by atoms with Crippen LogP contribution in [0.3, 0.4) is 0 Å². The molecule has 11 nitrogen and oxygen atoms in total. The Morgan fingerprint density at radius 2 is 1.00 bits per heavy atom. The van der Waals surface area contributed by atoms with E-state index in [2.05, 4.69) is 31.3 Å². The fraction of sp³-hybridized carbons (Fsp3) is 0.936. The van der Waals surface area contributed by atoms with Gasteiger partial charge in [-0.05, 0) is 38.5 Å². The van der Waals surface area contributed by atoms with Crippen LogP contribution in [0.2, 0.25) is 0 Å². The molecule has 1 aliphatic rings. The second-order valence-electron chi connectivity index (χ2n) is 17.2. The zero-order valence-electron chi connectivity index (χ0n) is 37.0. The van der Waals surface area contributed by atoms with E-state index in [0.717, 1.165) is 51.4 Å². The van der Waals surface area contributed by atoms with Gasteiger partial charge < -0.3 is 50.5 Å². The van der Waals surface area contributed by atoms with Gasteiger partial charge in [0.1, 0.15) is 36.6 Å². The number of rotatable bonds is 40. The molecule has 0 bridgehead atoms. The minimum atomic E-state index is -1.66. The van der Waals surface area contributed by atoms with Crippen molar-refractivity contribution in [1.82, 2.24) is 5.32 Å². The Labute approximate surface area is 353 Å². The molecular formula is C47H91NO10. The number of aliphatic hydroxyl groups is 7. The summed E-state index contributed by atoms with van der Waals surface area (Å²) in [6, 6.07) is -1.17. The van der Waals surface area contributed by atoms with E-state index >= 15 is 0 Å². The number of unbranched alkanes of at least 4 members (excludes halogenated alkanes) is 26. The Balaban J connectivity index is 2.38. The third kappa shape index (κ3) is 26.9. The van der Waals surface area contributed by atoms with Crippen LogP contribution in [-0.4, -0.2) is 110 Å². The predicted octanol–water partition coefficient (Wildman–Crippen LogP) is 8.06. The van der Waals surface area contributed by atoms with Gasteiger partial charge in [-0.2, -0.15) is 0 Å². The fourth-order valence-corrected chi connectivity index (χ4v) is 7.79. The van der Waals surface area contributed by atoms with Crippen LogP contribution in [0, 0.1) is 0 Å². The summed E-state index contributed by atoms with van der Waals surface area (Å²) in [5, 5.41) is 75.6. The highest BCUT2D eigenvalue weighted by molar-refractivity contribution is 5.80. The van der Waals surface area contributed by atoms with Crippen molar-refractivity contribution in [1.29, 1.82) is 0 Å². The minimum Gasteiger partial charge on any atom is -0.394 e. The molecule has 11 heteroatoms. The summed E-state index contributed by atoms with van der Waals surface area (Å²) < 4.78 is 11.1. The Morgan fingerprint density at radius 1 is 0.586 bits per heavy atom. The first-order valence-corrected chi connectivity index (χ1v) is 24.1. The van der Waals surface area contributed by atoms with Crippen LogP contribution in [0.5, 0.6) is 0 Å². The number of aliphatic hydroxyl groups excluding tert-OH is 7. The molecule has 0 radical (unpaired) electrons. The summed E-state index contributed by atoms with van der Waals surface area (Å²) in [6.45, 7) is 3.41. The number of hydrogen-bond acceptors (Lipinski definition) is 10. The van der Waals surface area contributed by atoms with Gasteiger partial charge in [0.05, 0.1) is 25.4 Å². The summed E-state index contributed by atoms with van der Waals surface area (Å²) >= 11 is 0. The molecule has 1 rings (SSSR count). The second-order valence-corrected chi connectivity index (χ2v) is 17.2. The normalized spacial score (nSPS) is 22.0. The van der Waals surface area contributed by atoms with Gasteiger partial charge >= 0.3 is 0 Å². The molecule has 0 saturated carbocycles. The number of nitrogens with one attached hydrogen (secondary N) is 1. The van der Waals surface area contributed by atoms with E-state index in [1.165, 1.54) is 122 Å². The Kier molecular flexibility index (Phi) is 35.6. The fourth-order valence-electron chi connectivity index (χ4n) is 7.79. The van der Waals surface area contributed by atoms with Crippen molar-refractivity contribution < 1.29 is 50.0 Å². The number of ether oxygens (including phenoxy) is 2. The summed E-state index contributed by atoms with van der Waals surface area (Å²) in [6.07, 6.45) is 28.4. The smallest absolute Gasteiger partial charge is 0.249 e. The average Bonchev–Trinajstić information content (AvgIpc) is 3.22. The molecule has 0 aliphatic carbocycles. The van der Waals surface area contributed by atoms with E-state index in [1.807, 2.05) is 0 Å². The first-order chi connectivity index (χ1) is 28.2. The molecule has 344 valence electrons. The molecule has 9 atom stereocenters. The lowest BCUT2D eigenvalue weighted by Crippen LogP contribution is -2.60. The quantitative estimate of drug-likeness (QED) is 0.0222. The van der Waals surface area contributed by atoms with Crippen molar-refractivity contribution in [3.63, 3.8) is 0 Å². The first-order valence-electron chi connectivity index (χ1n) is 24.1. The maximum Gasteiger partial charge on any atom is 0.249 e. The highest BCUT2D eigenvalue weighted by Gasteiger charge is 2.44. The third-order valence-electron chi connectivity index (χ3n) is 11.8. The van der Waals surface area contributed by atoms with E-state index < -0.39 is 74.2 Å². The maximum atomic E-state index is 13.1. The highest BCUT2D eigenvalue weighted by atomic mass is 16.7.